The topological polar surface area (TPSA) is 68.0 Å². The highest BCUT2D eigenvalue weighted by atomic mass is 32.2. The van der Waals surface area contributed by atoms with Gasteiger partial charge in [0.1, 0.15) is 5.00 Å². The molecule has 0 aliphatic heterocycles. The second-order valence-corrected chi connectivity index (χ2v) is 6.25. The summed E-state index contributed by atoms with van der Waals surface area (Å²) in [6, 6.07) is 4.07. The van der Waals surface area contributed by atoms with Crippen LogP contribution in [-0.2, 0) is 0 Å². The van der Waals surface area contributed by atoms with Crippen LogP contribution in [0.15, 0.2) is 29.4 Å². The van der Waals surface area contributed by atoms with Crippen LogP contribution < -0.4 is 11.1 Å². The minimum Gasteiger partial charge on any atom is -0.396 e. The number of ketones is 1. The van der Waals surface area contributed by atoms with Crippen LogP contribution in [0.3, 0.4) is 0 Å². The van der Waals surface area contributed by atoms with Gasteiger partial charge in [0.05, 0.1) is 15.5 Å². The van der Waals surface area contributed by atoms with Gasteiger partial charge in [0, 0.05) is 25.4 Å². The Hall–Kier alpha value is -1.53. The number of thioether (sulfide) groups is 1. The molecular formula is C14H17N3OS2. The van der Waals surface area contributed by atoms with Gasteiger partial charge in [0.15, 0.2) is 5.78 Å². The van der Waals surface area contributed by atoms with Gasteiger partial charge in [0.2, 0.25) is 0 Å². The van der Waals surface area contributed by atoms with E-state index in [1.807, 2.05) is 18.4 Å². The number of hydrogen-bond acceptors (Lipinski definition) is 6. The summed E-state index contributed by atoms with van der Waals surface area (Å²) in [5.41, 5.74) is 7.77. The number of rotatable bonds is 5. The quantitative estimate of drug-likeness (QED) is 0.649. The van der Waals surface area contributed by atoms with E-state index in [0.717, 1.165) is 15.5 Å². The molecule has 3 N–H and O–H groups in total. The fourth-order valence-electron chi connectivity index (χ4n) is 1.92. The van der Waals surface area contributed by atoms with Crippen LogP contribution in [-0.4, -0.2) is 17.0 Å². The second kappa shape index (κ2) is 6.28. The van der Waals surface area contributed by atoms with Crippen LogP contribution in [0.1, 0.15) is 35.1 Å². The number of nitrogen functional groups attached to an aromatic ring is 1. The molecule has 0 aliphatic carbocycles. The van der Waals surface area contributed by atoms with Crippen LogP contribution in [0.2, 0.25) is 0 Å². The summed E-state index contributed by atoms with van der Waals surface area (Å²) in [7, 11) is 0. The Labute approximate surface area is 126 Å². The van der Waals surface area contributed by atoms with E-state index in [1.54, 1.807) is 31.1 Å². The number of pyridine rings is 1. The Kier molecular flexibility index (Phi) is 4.67. The summed E-state index contributed by atoms with van der Waals surface area (Å²) in [5, 5.41) is 4.38. The van der Waals surface area contributed by atoms with Crippen molar-refractivity contribution in [3.63, 3.8) is 0 Å². The first-order valence-electron chi connectivity index (χ1n) is 6.18. The molecule has 0 fully saturated rings. The molecule has 2 rings (SSSR count). The molecule has 2 aromatic heterocycles. The maximum absolute atomic E-state index is 11.6. The minimum atomic E-state index is 0.00686. The Balaban J connectivity index is 2.29. The van der Waals surface area contributed by atoms with E-state index in [9.17, 15) is 4.79 Å². The molecule has 2 heterocycles. The number of nitrogens with one attached hydrogen (secondary N) is 1. The van der Waals surface area contributed by atoms with Crippen molar-refractivity contribution in [2.45, 2.75) is 24.8 Å². The van der Waals surface area contributed by atoms with Gasteiger partial charge in [-0.1, -0.05) is 0 Å². The van der Waals surface area contributed by atoms with Gasteiger partial charge in [-0.25, -0.2) is 0 Å². The highest BCUT2D eigenvalue weighted by molar-refractivity contribution is 7.99. The van der Waals surface area contributed by atoms with Gasteiger partial charge in [-0.2, -0.15) is 0 Å². The summed E-state index contributed by atoms with van der Waals surface area (Å²) >= 11 is 2.98. The number of aromatic nitrogens is 1. The fraction of sp³-hybridized carbons (Fsp3) is 0.286. The maximum Gasteiger partial charge on any atom is 0.171 e. The van der Waals surface area contributed by atoms with E-state index in [2.05, 4.69) is 17.2 Å². The zero-order valence-corrected chi connectivity index (χ0v) is 13.3. The molecule has 1 atom stereocenters. The smallest absolute Gasteiger partial charge is 0.171 e. The summed E-state index contributed by atoms with van der Waals surface area (Å²) < 4.78 is 0. The van der Waals surface area contributed by atoms with Crippen LogP contribution >= 0.6 is 23.1 Å². The Morgan fingerprint density at radius 3 is 2.65 bits per heavy atom. The largest absolute Gasteiger partial charge is 0.396 e. The first-order valence-corrected chi connectivity index (χ1v) is 8.22. The van der Waals surface area contributed by atoms with Crippen LogP contribution in [0.25, 0.3) is 0 Å². The van der Waals surface area contributed by atoms with Gasteiger partial charge in [-0.15, -0.1) is 23.1 Å². The van der Waals surface area contributed by atoms with E-state index in [1.165, 1.54) is 11.3 Å². The van der Waals surface area contributed by atoms with Crippen molar-refractivity contribution in [3.8, 4) is 0 Å². The van der Waals surface area contributed by atoms with Crippen LogP contribution in [0.5, 0.6) is 0 Å². The molecular weight excluding hydrogens is 290 g/mol. The van der Waals surface area contributed by atoms with Crippen LogP contribution in [0.4, 0.5) is 10.7 Å². The number of carbonyl (C=O) groups is 1. The van der Waals surface area contributed by atoms with Crippen molar-refractivity contribution >= 4 is 39.6 Å². The van der Waals surface area contributed by atoms with Gasteiger partial charge in [-0.05, 0) is 30.9 Å². The van der Waals surface area contributed by atoms with E-state index >= 15 is 0 Å². The standard InChI is InChI=1S/C14H17N3OS2/c1-8(10-4-6-16-7-5-10)17-14-13(19-3)11(15)12(20-14)9(2)18/h4-8,17H,15H2,1-3H3. The molecule has 0 saturated carbocycles. The monoisotopic (exact) mass is 307 g/mol. The van der Waals surface area contributed by atoms with E-state index in [-0.39, 0.29) is 11.8 Å². The number of nitrogens with zero attached hydrogens (tertiary/aromatic N) is 1. The highest BCUT2D eigenvalue weighted by Gasteiger charge is 2.19. The lowest BCUT2D eigenvalue weighted by molar-refractivity contribution is 0.102. The molecule has 0 amide bonds. The number of hydrogen-bond donors (Lipinski definition) is 2. The van der Waals surface area contributed by atoms with Crippen LogP contribution in [0, 0.1) is 0 Å². The lowest BCUT2D eigenvalue weighted by Crippen LogP contribution is -2.06. The fourth-order valence-corrected chi connectivity index (χ4v) is 3.92. The van der Waals surface area contributed by atoms with Crippen molar-refractivity contribution in [2.75, 3.05) is 17.3 Å². The molecule has 6 heteroatoms. The summed E-state index contributed by atoms with van der Waals surface area (Å²) in [6.07, 6.45) is 5.50. The molecule has 0 radical (unpaired) electrons. The third-order valence-electron chi connectivity index (χ3n) is 2.98. The summed E-state index contributed by atoms with van der Waals surface area (Å²) in [6.45, 7) is 3.62. The average Bonchev–Trinajstić information content (AvgIpc) is 2.76. The molecule has 2 aromatic rings. The predicted molar refractivity (Wildman–Crippen MR) is 86.8 cm³/mol. The number of anilines is 2. The van der Waals surface area contributed by atoms with E-state index < -0.39 is 0 Å². The zero-order chi connectivity index (χ0) is 14.7. The Bertz CT molecular complexity index is 610. The molecule has 0 aromatic carbocycles. The Morgan fingerprint density at radius 2 is 2.10 bits per heavy atom. The predicted octanol–water partition coefficient (Wildman–Crippen LogP) is 3.82. The van der Waals surface area contributed by atoms with Crippen molar-refractivity contribution < 1.29 is 4.79 Å². The number of nitrogens with two attached hydrogens (primary N) is 1. The highest BCUT2D eigenvalue weighted by Crippen LogP contribution is 2.43. The molecule has 1 unspecified atom stereocenters. The summed E-state index contributed by atoms with van der Waals surface area (Å²) in [5.74, 6) is 0.00686. The molecule has 106 valence electrons. The van der Waals surface area contributed by atoms with Crippen molar-refractivity contribution in [2.24, 2.45) is 0 Å². The SMILES string of the molecule is CSc1c(NC(C)c2ccncc2)sc(C(C)=O)c1N. The van der Waals surface area contributed by atoms with Crippen molar-refractivity contribution in [1.29, 1.82) is 0 Å². The molecule has 0 bridgehead atoms. The minimum absolute atomic E-state index is 0.00686. The van der Waals surface area contributed by atoms with Gasteiger partial charge < -0.3 is 11.1 Å². The average molecular weight is 307 g/mol. The number of thiophene rings is 1. The first-order chi connectivity index (χ1) is 9.54. The van der Waals surface area contributed by atoms with Gasteiger partial charge >= 0.3 is 0 Å². The number of Topliss-reactive ketones (excluding diaryl/α,β-unsaturated/α-hetero) is 1. The normalized spacial score (nSPS) is 12.2. The first kappa shape index (κ1) is 14.9. The number of carbonyl (C=O) groups excluding carboxylic acids is 1. The van der Waals surface area contributed by atoms with Gasteiger partial charge in [-0.3, -0.25) is 9.78 Å². The van der Waals surface area contributed by atoms with Crippen molar-refractivity contribution in [1.82, 2.24) is 4.98 Å². The molecule has 4 nitrogen and oxygen atoms in total. The zero-order valence-electron chi connectivity index (χ0n) is 11.6. The summed E-state index contributed by atoms with van der Waals surface area (Å²) in [4.78, 5) is 17.2. The second-order valence-electron chi connectivity index (χ2n) is 4.41. The molecule has 20 heavy (non-hydrogen) atoms. The lowest BCUT2D eigenvalue weighted by atomic mass is 10.1. The third-order valence-corrected chi connectivity index (χ3v) is 5.18. The third kappa shape index (κ3) is 2.96. The Morgan fingerprint density at radius 1 is 1.45 bits per heavy atom. The van der Waals surface area contributed by atoms with E-state index in [0.29, 0.717) is 10.6 Å². The van der Waals surface area contributed by atoms with Gasteiger partial charge in [0.25, 0.3) is 0 Å². The maximum atomic E-state index is 11.6. The molecule has 0 saturated heterocycles. The lowest BCUT2D eigenvalue weighted by Gasteiger charge is -2.15. The molecule has 0 spiro atoms. The van der Waals surface area contributed by atoms with E-state index in [4.69, 9.17) is 5.73 Å². The molecule has 0 aliphatic rings. The van der Waals surface area contributed by atoms with Crippen molar-refractivity contribution in [3.05, 3.63) is 35.0 Å².